The average Bonchev–Trinajstić information content (AvgIpc) is 3.10. The van der Waals surface area contributed by atoms with Gasteiger partial charge in [0.05, 0.1) is 11.1 Å². The molecule has 3 aromatic rings. The molecule has 1 saturated heterocycles. The van der Waals surface area contributed by atoms with Gasteiger partial charge in [0.25, 0.3) is 5.91 Å². The predicted octanol–water partition coefficient (Wildman–Crippen LogP) is 3.31. The van der Waals surface area contributed by atoms with E-state index in [1.54, 1.807) is 6.33 Å². The molecule has 1 aromatic carbocycles. The number of hydrogen-bond donors (Lipinski definition) is 0. The number of carbonyl (C=O) groups is 1. The Morgan fingerprint density at radius 1 is 1.22 bits per heavy atom. The fourth-order valence-corrected chi connectivity index (χ4v) is 4.04. The Hall–Kier alpha value is -2.76. The van der Waals surface area contributed by atoms with Crippen LogP contribution in [0, 0.1) is 20.8 Å². The first-order valence-corrected chi connectivity index (χ1v) is 9.46. The van der Waals surface area contributed by atoms with E-state index in [4.69, 9.17) is 4.98 Å². The van der Waals surface area contributed by atoms with Crippen molar-refractivity contribution in [3.05, 3.63) is 52.7 Å². The summed E-state index contributed by atoms with van der Waals surface area (Å²) in [7, 11) is 1.96. The Bertz CT molecular complexity index is 1020. The first kappa shape index (κ1) is 17.6. The SMILES string of the molecule is Cc1cc(C(=O)N2CCC[C@H](c3nncn3C)C2)c2ccc(C)c(C)c2n1. The molecular formula is C21H25N5O. The predicted molar refractivity (Wildman–Crippen MR) is 105 cm³/mol. The molecule has 0 saturated carbocycles. The second kappa shape index (κ2) is 6.76. The van der Waals surface area contributed by atoms with E-state index in [0.29, 0.717) is 6.54 Å². The molecule has 1 aliphatic heterocycles. The van der Waals surface area contributed by atoms with E-state index in [9.17, 15) is 4.79 Å². The van der Waals surface area contributed by atoms with Crippen LogP contribution in [0.25, 0.3) is 10.9 Å². The summed E-state index contributed by atoms with van der Waals surface area (Å²) >= 11 is 0. The second-order valence-electron chi connectivity index (χ2n) is 7.61. The third-order valence-electron chi connectivity index (χ3n) is 5.68. The Morgan fingerprint density at radius 3 is 2.78 bits per heavy atom. The number of fused-ring (bicyclic) bond motifs is 1. The average molecular weight is 363 g/mol. The second-order valence-corrected chi connectivity index (χ2v) is 7.61. The van der Waals surface area contributed by atoms with Crippen LogP contribution in [0.3, 0.4) is 0 Å². The van der Waals surface area contributed by atoms with Crippen LogP contribution in [0.15, 0.2) is 24.5 Å². The van der Waals surface area contributed by atoms with Gasteiger partial charge in [-0.05, 0) is 50.8 Å². The zero-order valence-electron chi connectivity index (χ0n) is 16.4. The minimum Gasteiger partial charge on any atom is -0.338 e. The van der Waals surface area contributed by atoms with Crippen molar-refractivity contribution in [2.24, 2.45) is 7.05 Å². The molecular weight excluding hydrogens is 338 g/mol. The maximum absolute atomic E-state index is 13.4. The van der Waals surface area contributed by atoms with Gasteiger partial charge in [-0.1, -0.05) is 12.1 Å². The molecule has 0 spiro atoms. The van der Waals surface area contributed by atoms with Crippen molar-refractivity contribution in [1.29, 1.82) is 0 Å². The van der Waals surface area contributed by atoms with Crippen LogP contribution in [0.4, 0.5) is 0 Å². The molecule has 0 N–H and O–H groups in total. The molecule has 6 heteroatoms. The highest BCUT2D eigenvalue weighted by atomic mass is 16.2. The van der Waals surface area contributed by atoms with E-state index in [-0.39, 0.29) is 11.8 Å². The molecule has 140 valence electrons. The molecule has 1 amide bonds. The Balaban J connectivity index is 1.70. The van der Waals surface area contributed by atoms with E-state index < -0.39 is 0 Å². The molecule has 3 heterocycles. The lowest BCUT2D eigenvalue weighted by molar-refractivity contribution is 0.0705. The van der Waals surface area contributed by atoms with Crippen LogP contribution in [0.5, 0.6) is 0 Å². The lowest BCUT2D eigenvalue weighted by Gasteiger charge is -2.32. The summed E-state index contributed by atoms with van der Waals surface area (Å²) in [4.78, 5) is 20.1. The van der Waals surface area contributed by atoms with E-state index in [1.165, 1.54) is 5.56 Å². The van der Waals surface area contributed by atoms with Crippen molar-refractivity contribution in [3.63, 3.8) is 0 Å². The molecule has 6 nitrogen and oxygen atoms in total. The van der Waals surface area contributed by atoms with E-state index >= 15 is 0 Å². The summed E-state index contributed by atoms with van der Waals surface area (Å²) in [5, 5.41) is 9.19. The molecule has 0 radical (unpaired) electrons. The minimum atomic E-state index is 0.0839. The molecule has 1 atom stereocenters. The number of rotatable bonds is 2. The lowest BCUT2D eigenvalue weighted by Crippen LogP contribution is -2.39. The third-order valence-corrected chi connectivity index (χ3v) is 5.68. The van der Waals surface area contributed by atoms with E-state index in [0.717, 1.165) is 52.9 Å². The number of benzene rings is 1. The summed E-state index contributed by atoms with van der Waals surface area (Å²) in [6, 6.07) is 6.02. The number of carbonyl (C=O) groups excluding carboxylic acids is 1. The van der Waals surface area contributed by atoms with Crippen molar-refractivity contribution >= 4 is 16.8 Å². The first-order chi connectivity index (χ1) is 13.0. The zero-order valence-corrected chi connectivity index (χ0v) is 16.4. The van der Waals surface area contributed by atoms with Gasteiger partial charge in [-0.2, -0.15) is 0 Å². The molecule has 1 fully saturated rings. The maximum Gasteiger partial charge on any atom is 0.254 e. The zero-order chi connectivity index (χ0) is 19.1. The van der Waals surface area contributed by atoms with Crippen LogP contribution in [0.2, 0.25) is 0 Å². The fraction of sp³-hybridized carbons (Fsp3) is 0.429. The van der Waals surface area contributed by atoms with Crippen LogP contribution < -0.4 is 0 Å². The van der Waals surface area contributed by atoms with Gasteiger partial charge in [-0.15, -0.1) is 10.2 Å². The summed E-state index contributed by atoms with van der Waals surface area (Å²) in [6.07, 6.45) is 3.73. The number of pyridine rings is 1. The smallest absolute Gasteiger partial charge is 0.254 e. The summed E-state index contributed by atoms with van der Waals surface area (Å²) in [6.45, 7) is 7.57. The number of hydrogen-bond acceptors (Lipinski definition) is 4. The number of amides is 1. The molecule has 0 bridgehead atoms. The highest BCUT2D eigenvalue weighted by molar-refractivity contribution is 6.07. The number of likely N-dealkylation sites (tertiary alicyclic amines) is 1. The van der Waals surface area contributed by atoms with Gasteiger partial charge in [0, 0.05) is 37.1 Å². The van der Waals surface area contributed by atoms with Crippen molar-refractivity contribution < 1.29 is 4.79 Å². The highest BCUT2D eigenvalue weighted by Crippen LogP contribution is 2.29. The van der Waals surface area contributed by atoms with E-state index in [2.05, 4.69) is 30.1 Å². The quantitative estimate of drug-likeness (QED) is 0.701. The monoisotopic (exact) mass is 363 g/mol. The summed E-state index contributed by atoms with van der Waals surface area (Å²) < 4.78 is 1.96. The van der Waals surface area contributed by atoms with Crippen LogP contribution in [0.1, 0.15) is 51.8 Å². The van der Waals surface area contributed by atoms with Gasteiger partial charge in [-0.3, -0.25) is 9.78 Å². The summed E-state index contributed by atoms with van der Waals surface area (Å²) in [5.41, 5.74) is 4.89. The van der Waals surface area contributed by atoms with Gasteiger partial charge >= 0.3 is 0 Å². The van der Waals surface area contributed by atoms with Crippen molar-refractivity contribution in [2.75, 3.05) is 13.1 Å². The van der Waals surface area contributed by atoms with Gasteiger partial charge < -0.3 is 9.47 Å². The van der Waals surface area contributed by atoms with Gasteiger partial charge in [-0.25, -0.2) is 0 Å². The summed E-state index contributed by atoms with van der Waals surface area (Å²) in [5.74, 6) is 1.27. The van der Waals surface area contributed by atoms with Crippen LogP contribution in [-0.4, -0.2) is 43.6 Å². The van der Waals surface area contributed by atoms with Gasteiger partial charge in [0.2, 0.25) is 0 Å². The highest BCUT2D eigenvalue weighted by Gasteiger charge is 2.29. The first-order valence-electron chi connectivity index (χ1n) is 9.46. The minimum absolute atomic E-state index is 0.0839. The van der Waals surface area contributed by atoms with Crippen molar-refractivity contribution in [3.8, 4) is 0 Å². The standard InChI is InChI=1S/C21H25N5O/c1-13-7-8-17-18(10-14(2)23-19(17)15(13)3)21(27)26-9-5-6-16(11-26)20-24-22-12-25(20)4/h7-8,10,12,16H,5-6,9,11H2,1-4H3/t16-/m0/s1. The molecule has 4 rings (SSSR count). The lowest BCUT2D eigenvalue weighted by atomic mass is 9.95. The normalized spacial score (nSPS) is 17.5. The molecule has 0 aliphatic carbocycles. The number of aromatic nitrogens is 4. The topological polar surface area (TPSA) is 63.9 Å². The third kappa shape index (κ3) is 3.09. The molecule has 0 unspecified atom stereocenters. The number of aryl methyl sites for hydroxylation is 4. The molecule has 1 aliphatic rings. The maximum atomic E-state index is 13.4. The number of nitrogens with zero attached hydrogens (tertiary/aromatic N) is 5. The largest absolute Gasteiger partial charge is 0.338 e. The van der Waals surface area contributed by atoms with Crippen molar-refractivity contribution in [2.45, 2.75) is 39.5 Å². The molecule has 2 aromatic heterocycles. The molecule has 27 heavy (non-hydrogen) atoms. The van der Waals surface area contributed by atoms with Crippen LogP contribution >= 0.6 is 0 Å². The van der Waals surface area contributed by atoms with Crippen LogP contribution in [-0.2, 0) is 7.05 Å². The van der Waals surface area contributed by atoms with Gasteiger partial charge in [0.1, 0.15) is 12.2 Å². The Kier molecular flexibility index (Phi) is 4.42. The van der Waals surface area contributed by atoms with Crippen molar-refractivity contribution in [1.82, 2.24) is 24.6 Å². The Labute approximate surface area is 159 Å². The van der Waals surface area contributed by atoms with E-state index in [1.807, 2.05) is 35.6 Å². The number of piperidine rings is 1. The fourth-order valence-electron chi connectivity index (χ4n) is 4.04. The Morgan fingerprint density at radius 2 is 2.04 bits per heavy atom. The van der Waals surface area contributed by atoms with Gasteiger partial charge in [0.15, 0.2) is 0 Å².